The minimum Gasteiger partial charge on any atom is -0.481 e. The number of likely N-dealkylation sites (tertiary alicyclic amines) is 1. The molecule has 0 aliphatic carbocycles. The van der Waals surface area contributed by atoms with E-state index in [0.29, 0.717) is 37.5 Å². The van der Waals surface area contributed by atoms with Gasteiger partial charge in [-0.15, -0.1) is 0 Å². The Balaban J connectivity index is 1.54. The molecule has 3 heterocycles. The van der Waals surface area contributed by atoms with Crippen LogP contribution in [0.5, 0.6) is 0 Å². The number of aromatic nitrogens is 1. The van der Waals surface area contributed by atoms with E-state index in [-0.39, 0.29) is 24.8 Å². The van der Waals surface area contributed by atoms with Gasteiger partial charge in [0.1, 0.15) is 5.69 Å². The molecule has 7 heteroatoms. The molecule has 1 aromatic heterocycles. The molecule has 2 atom stereocenters. The van der Waals surface area contributed by atoms with Crippen LogP contribution in [0.3, 0.4) is 0 Å². The average molecular weight is 330 g/mol. The fraction of sp³-hybridized carbons (Fsp3) is 0.471. The molecule has 2 aliphatic rings. The van der Waals surface area contributed by atoms with Crippen molar-refractivity contribution in [1.82, 2.24) is 10.1 Å². The van der Waals surface area contributed by atoms with Gasteiger partial charge in [-0.25, -0.2) is 0 Å². The van der Waals surface area contributed by atoms with Gasteiger partial charge in [0.2, 0.25) is 5.91 Å². The van der Waals surface area contributed by atoms with Gasteiger partial charge >= 0.3 is 5.97 Å². The summed E-state index contributed by atoms with van der Waals surface area (Å²) in [4.78, 5) is 26.1. The van der Waals surface area contributed by atoms with E-state index in [2.05, 4.69) is 5.16 Å². The van der Waals surface area contributed by atoms with E-state index in [1.807, 2.05) is 18.2 Å². The first-order valence-electron chi connectivity index (χ1n) is 8.02. The van der Waals surface area contributed by atoms with Crippen LogP contribution in [0.15, 0.2) is 28.8 Å². The lowest BCUT2D eigenvalue weighted by molar-refractivity contribution is -0.157. The fourth-order valence-corrected chi connectivity index (χ4v) is 3.81. The van der Waals surface area contributed by atoms with Crippen LogP contribution in [0, 0.1) is 11.3 Å². The Morgan fingerprint density at radius 2 is 2.21 bits per heavy atom. The topological polar surface area (TPSA) is 92.9 Å². The summed E-state index contributed by atoms with van der Waals surface area (Å²) in [6, 6.07) is 7.39. The van der Waals surface area contributed by atoms with Crippen molar-refractivity contribution < 1.29 is 24.0 Å². The molecule has 24 heavy (non-hydrogen) atoms. The molecule has 2 saturated heterocycles. The van der Waals surface area contributed by atoms with Crippen molar-refractivity contribution in [3.63, 3.8) is 0 Å². The van der Waals surface area contributed by atoms with Gasteiger partial charge in [-0.2, -0.15) is 0 Å². The molecule has 2 aromatic rings. The molecular weight excluding hydrogens is 312 g/mol. The largest absolute Gasteiger partial charge is 0.481 e. The first-order chi connectivity index (χ1) is 11.6. The fourth-order valence-electron chi connectivity index (χ4n) is 3.81. The SMILES string of the molecule is O=C(Cc1noc2ccccc12)N1C[C@H]2COCC[C@@]2(C(=O)O)C1. The van der Waals surface area contributed by atoms with E-state index >= 15 is 0 Å². The molecule has 0 radical (unpaired) electrons. The van der Waals surface area contributed by atoms with Crippen LogP contribution in [-0.2, 0) is 20.7 Å². The van der Waals surface area contributed by atoms with Crippen molar-refractivity contribution in [3.05, 3.63) is 30.0 Å². The van der Waals surface area contributed by atoms with Crippen LogP contribution in [0.4, 0.5) is 0 Å². The third kappa shape index (κ3) is 2.27. The molecule has 7 nitrogen and oxygen atoms in total. The molecule has 1 amide bonds. The molecule has 2 aliphatic heterocycles. The van der Waals surface area contributed by atoms with Gasteiger partial charge in [-0.3, -0.25) is 9.59 Å². The predicted octanol–water partition coefficient (Wildman–Crippen LogP) is 1.32. The number of carboxylic acid groups (broad SMARTS) is 1. The molecule has 1 aromatic carbocycles. The Hall–Kier alpha value is -2.41. The number of amides is 1. The summed E-state index contributed by atoms with van der Waals surface area (Å²) in [5.41, 5.74) is 0.358. The highest BCUT2D eigenvalue weighted by molar-refractivity contribution is 5.87. The lowest BCUT2D eigenvalue weighted by Gasteiger charge is -2.33. The summed E-state index contributed by atoms with van der Waals surface area (Å²) in [5, 5.41) is 14.5. The van der Waals surface area contributed by atoms with E-state index < -0.39 is 11.4 Å². The smallest absolute Gasteiger partial charge is 0.311 e. The van der Waals surface area contributed by atoms with Crippen molar-refractivity contribution in [2.75, 3.05) is 26.3 Å². The number of carbonyl (C=O) groups is 2. The Morgan fingerprint density at radius 3 is 3.00 bits per heavy atom. The van der Waals surface area contributed by atoms with Crippen LogP contribution >= 0.6 is 0 Å². The summed E-state index contributed by atoms with van der Waals surface area (Å²) in [5.74, 6) is -1.11. The quantitative estimate of drug-likeness (QED) is 0.912. The van der Waals surface area contributed by atoms with Crippen LogP contribution in [0.25, 0.3) is 11.0 Å². The van der Waals surface area contributed by atoms with E-state index in [0.717, 1.165) is 5.39 Å². The van der Waals surface area contributed by atoms with Gasteiger partial charge in [-0.1, -0.05) is 17.3 Å². The maximum atomic E-state index is 12.7. The third-order valence-corrected chi connectivity index (χ3v) is 5.26. The molecule has 126 valence electrons. The molecular formula is C17H18N2O5. The number of carboxylic acids is 1. The Kier molecular flexibility index (Phi) is 3.53. The van der Waals surface area contributed by atoms with Crippen molar-refractivity contribution in [1.29, 1.82) is 0 Å². The first kappa shape index (κ1) is 15.1. The van der Waals surface area contributed by atoms with E-state index in [1.54, 1.807) is 11.0 Å². The number of hydrogen-bond donors (Lipinski definition) is 1. The number of benzene rings is 1. The monoisotopic (exact) mass is 330 g/mol. The predicted molar refractivity (Wildman–Crippen MR) is 83.3 cm³/mol. The molecule has 0 unspecified atom stereocenters. The molecule has 4 rings (SSSR count). The maximum Gasteiger partial charge on any atom is 0.311 e. The van der Waals surface area contributed by atoms with E-state index in [1.165, 1.54) is 0 Å². The summed E-state index contributed by atoms with van der Waals surface area (Å²) in [7, 11) is 0. The highest BCUT2D eigenvalue weighted by atomic mass is 16.5. The first-order valence-corrected chi connectivity index (χ1v) is 8.02. The molecule has 2 fully saturated rings. The van der Waals surface area contributed by atoms with Crippen LogP contribution in [-0.4, -0.2) is 53.3 Å². The van der Waals surface area contributed by atoms with Crippen LogP contribution < -0.4 is 0 Å². The highest BCUT2D eigenvalue weighted by Crippen LogP contribution is 2.42. The van der Waals surface area contributed by atoms with Gasteiger partial charge in [0, 0.05) is 31.0 Å². The number of rotatable bonds is 3. The zero-order valence-corrected chi connectivity index (χ0v) is 13.1. The summed E-state index contributed by atoms with van der Waals surface area (Å²) >= 11 is 0. The van der Waals surface area contributed by atoms with Gasteiger partial charge in [0.25, 0.3) is 0 Å². The highest BCUT2D eigenvalue weighted by Gasteiger charge is 2.54. The second-order valence-electron chi connectivity index (χ2n) is 6.56. The lowest BCUT2D eigenvalue weighted by Crippen LogP contribution is -2.45. The number of hydrogen-bond acceptors (Lipinski definition) is 5. The van der Waals surface area contributed by atoms with Gasteiger partial charge in [-0.05, 0) is 18.6 Å². The Labute approximate surface area is 138 Å². The summed E-state index contributed by atoms with van der Waals surface area (Å²) in [6.45, 7) is 1.48. The van der Waals surface area contributed by atoms with Gasteiger partial charge in [0.15, 0.2) is 5.58 Å². The normalized spacial score (nSPS) is 26.5. The van der Waals surface area contributed by atoms with Crippen molar-refractivity contribution in [2.24, 2.45) is 11.3 Å². The number of aliphatic carboxylic acids is 1. The molecule has 0 spiro atoms. The summed E-state index contributed by atoms with van der Waals surface area (Å²) < 4.78 is 10.7. The molecule has 0 saturated carbocycles. The Morgan fingerprint density at radius 1 is 1.38 bits per heavy atom. The molecule has 1 N–H and O–H groups in total. The van der Waals surface area contributed by atoms with Crippen molar-refractivity contribution >= 4 is 22.8 Å². The molecule has 0 bridgehead atoms. The number of fused-ring (bicyclic) bond motifs is 2. The van der Waals surface area contributed by atoms with Gasteiger partial charge < -0.3 is 19.3 Å². The minimum absolute atomic E-state index is 0.111. The minimum atomic E-state index is -0.875. The second-order valence-corrected chi connectivity index (χ2v) is 6.56. The van der Waals surface area contributed by atoms with Crippen LogP contribution in [0.1, 0.15) is 12.1 Å². The zero-order valence-electron chi connectivity index (χ0n) is 13.1. The average Bonchev–Trinajstić information content (AvgIpc) is 3.17. The second kappa shape index (κ2) is 5.59. The number of para-hydroxylation sites is 1. The van der Waals surface area contributed by atoms with Crippen molar-refractivity contribution in [2.45, 2.75) is 12.8 Å². The van der Waals surface area contributed by atoms with Crippen LogP contribution in [0.2, 0.25) is 0 Å². The standard InChI is InChI=1S/C17H18N2O5/c20-15(7-13-12-3-1-2-4-14(12)24-18-13)19-8-11-9-23-6-5-17(11,10-19)16(21)22/h1-4,11H,5-10H2,(H,21,22)/t11-,17+/m0/s1. The Bertz CT molecular complexity index is 801. The number of ether oxygens (including phenoxy) is 1. The number of carbonyl (C=O) groups excluding carboxylic acids is 1. The van der Waals surface area contributed by atoms with E-state index in [4.69, 9.17) is 9.26 Å². The number of nitrogens with zero attached hydrogens (tertiary/aromatic N) is 2. The third-order valence-electron chi connectivity index (χ3n) is 5.26. The zero-order chi connectivity index (χ0) is 16.7. The lowest BCUT2D eigenvalue weighted by atomic mass is 9.74. The van der Waals surface area contributed by atoms with Gasteiger partial charge in [0.05, 0.1) is 18.4 Å². The maximum absolute atomic E-state index is 12.7. The van der Waals surface area contributed by atoms with Crippen molar-refractivity contribution in [3.8, 4) is 0 Å². The van der Waals surface area contributed by atoms with E-state index in [9.17, 15) is 14.7 Å². The summed E-state index contributed by atoms with van der Waals surface area (Å²) in [6.07, 6.45) is 0.559.